The summed E-state index contributed by atoms with van der Waals surface area (Å²) in [4.78, 5) is 101. The van der Waals surface area contributed by atoms with Gasteiger partial charge in [0.15, 0.2) is 6.23 Å². The van der Waals surface area contributed by atoms with Crippen molar-refractivity contribution < 1.29 is 74.4 Å². The van der Waals surface area contributed by atoms with Crippen LogP contribution >= 0.6 is 0 Å². The molecule has 22 heteroatoms. The Morgan fingerprint density at radius 3 is 1.92 bits per heavy atom. The third-order valence-corrected chi connectivity index (χ3v) is 14.2. The molecule has 0 aliphatic carbocycles. The van der Waals surface area contributed by atoms with Crippen molar-refractivity contribution in [3.63, 3.8) is 0 Å². The molecule has 7 amide bonds. The van der Waals surface area contributed by atoms with E-state index in [0.717, 1.165) is 55.2 Å². The summed E-state index contributed by atoms with van der Waals surface area (Å²) in [6, 6.07) is -5.37. The maximum absolute atomic E-state index is 14.5. The molecule has 3 aliphatic heterocycles. The van der Waals surface area contributed by atoms with Crippen LogP contribution in [0.25, 0.3) is 0 Å². The lowest BCUT2D eigenvalue weighted by Crippen LogP contribution is -2.63. The van der Waals surface area contributed by atoms with Gasteiger partial charge in [-0.1, -0.05) is 82.4 Å². The second-order valence-corrected chi connectivity index (χ2v) is 20.3. The molecule has 0 radical (unpaired) electrons. The van der Waals surface area contributed by atoms with Crippen LogP contribution in [0.4, 0.5) is 0 Å². The summed E-state index contributed by atoms with van der Waals surface area (Å²) in [7, 11) is 0. The lowest BCUT2D eigenvalue weighted by Gasteiger charge is -2.35. The molecule has 2 unspecified atom stereocenters. The molecule has 1 aromatic rings. The number of nitrogens with zero attached hydrogens (tertiary/aromatic N) is 2. The zero-order valence-electron chi connectivity index (χ0n) is 43.8. The summed E-state index contributed by atoms with van der Waals surface area (Å²) in [5.74, 6) is -9.72. The summed E-state index contributed by atoms with van der Waals surface area (Å²) in [6.45, 7) is 4.65. The smallest absolute Gasteiger partial charge is 0.248 e. The fourth-order valence-electron chi connectivity index (χ4n) is 9.70. The van der Waals surface area contributed by atoms with Gasteiger partial charge in [0.25, 0.3) is 0 Å². The molecular formula is C53H83N7O15. The number of nitrogens with one attached hydrogen (secondary N) is 5. The van der Waals surface area contributed by atoms with Gasteiger partial charge in [-0.05, 0) is 82.9 Å². The molecule has 75 heavy (non-hydrogen) atoms. The van der Waals surface area contributed by atoms with Gasteiger partial charge in [-0.2, -0.15) is 0 Å². The van der Waals surface area contributed by atoms with Crippen molar-refractivity contribution in [3.05, 3.63) is 54.1 Å². The molecule has 3 saturated heterocycles. The van der Waals surface area contributed by atoms with E-state index in [2.05, 4.69) is 57.8 Å². The first kappa shape index (κ1) is 62.1. The van der Waals surface area contributed by atoms with E-state index < -0.39 is 139 Å². The minimum absolute atomic E-state index is 0.000302. The molecule has 420 valence electrons. The molecule has 22 nitrogen and oxygen atoms in total. The van der Waals surface area contributed by atoms with Gasteiger partial charge in [-0.25, -0.2) is 0 Å². The van der Waals surface area contributed by atoms with Crippen LogP contribution in [-0.2, 0) is 33.6 Å². The molecule has 13 N–H and O–H groups in total. The maximum Gasteiger partial charge on any atom is 0.248 e. The topological polar surface area (TPSA) is 348 Å². The quantitative estimate of drug-likeness (QED) is 0.0567. The van der Waals surface area contributed by atoms with E-state index in [1.807, 2.05) is 0 Å². The zero-order chi connectivity index (χ0) is 55.4. The van der Waals surface area contributed by atoms with Crippen molar-refractivity contribution in [1.29, 1.82) is 0 Å². The Hall–Kier alpha value is -5.49. The third-order valence-electron chi connectivity index (χ3n) is 14.2. The third kappa shape index (κ3) is 18.1. The minimum atomic E-state index is -2.19. The van der Waals surface area contributed by atoms with E-state index in [1.54, 1.807) is 0 Å². The number of amides is 7. The second-order valence-electron chi connectivity index (χ2n) is 20.3. The fraction of sp³-hybridized carbons (Fsp3) is 0.679. The number of allylic oxidation sites excluding steroid dienone is 4. The Balaban J connectivity index is 1.62. The van der Waals surface area contributed by atoms with E-state index in [1.165, 1.54) is 57.4 Å². The molecule has 0 aromatic heterocycles. The van der Waals surface area contributed by atoms with Gasteiger partial charge in [0.1, 0.15) is 48.1 Å². The normalized spacial score (nSPS) is 28.4. The van der Waals surface area contributed by atoms with Gasteiger partial charge in [-0.3, -0.25) is 33.6 Å². The zero-order valence-corrected chi connectivity index (χ0v) is 43.8. The van der Waals surface area contributed by atoms with Gasteiger partial charge in [-0.15, -0.1) is 0 Å². The summed E-state index contributed by atoms with van der Waals surface area (Å²) in [5.41, 5.74) is 0.0878. The van der Waals surface area contributed by atoms with Crippen molar-refractivity contribution >= 4 is 41.4 Å². The number of carbonyl (C=O) groups is 7. The Bertz CT molecular complexity index is 2090. The molecule has 3 aliphatic rings. The van der Waals surface area contributed by atoms with E-state index in [9.17, 15) is 74.4 Å². The van der Waals surface area contributed by atoms with E-state index in [0.29, 0.717) is 12.8 Å². The SMILES string of the molecule is CCCCC/C=C/C/C=C/CCCCCCCC(=O)NC1C[C@@H](O)[C@@H](O)NC(=O)C2[C@@H](O)[C@@H](C)CN2C(=O)[C@H]([C@@H](C)O)NC(=O)[C@H]([C@H](CO)[C@@H](O)c2ccc(O)cc2)NC(=O)[C@@H]2CCCN2C(=O)[C@H]([C@@H](C)O)NC1=O. The highest BCUT2D eigenvalue weighted by atomic mass is 16.3. The highest BCUT2D eigenvalue weighted by Crippen LogP contribution is 2.29. The summed E-state index contributed by atoms with van der Waals surface area (Å²) in [5, 5.41) is 99.9. The van der Waals surface area contributed by atoms with Gasteiger partial charge in [0.2, 0.25) is 41.4 Å². The van der Waals surface area contributed by atoms with E-state index in [-0.39, 0.29) is 43.7 Å². The van der Waals surface area contributed by atoms with Crippen LogP contribution < -0.4 is 26.6 Å². The van der Waals surface area contributed by atoms with Gasteiger partial charge < -0.3 is 77.2 Å². The van der Waals surface area contributed by atoms with E-state index >= 15 is 0 Å². The standard InChI is InChI=1S/C53H83N7O15/c1-5-6-7-8-9-10-11-12-13-14-15-16-17-18-19-22-40(66)54-37-28-39(65)49(71)58-51(73)44-45(67)31(2)29-60(44)53(75)42(33(4)63)56-50(72)43(36(30-61)46(68)34-23-25-35(64)26-24-34)57-48(70)38-21-20-27-59(38)52(74)41(32(3)62)55-47(37)69/h9-10,12-13,23-26,31-33,36-39,41-46,49,61-65,67-68,71H,5-8,11,14-22,27-30H2,1-4H3,(H,54,66)(H,55,69)(H,56,72)(H,57,70)(H,58,73)/b10-9+,13-12+/t31-,32+,33+,36-,37?,38-,39+,41-,42-,43-,44?,45-,46-,49+/m0/s1. The number of phenols is 1. The first-order valence-corrected chi connectivity index (χ1v) is 26.6. The van der Waals surface area contributed by atoms with Crippen molar-refractivity contribution in [1.82, 2.24) is 36.4 Å². The largest absolute Gasteiger partial charge is 0.508 e. The van der Waals surface area contributed by atoms with Crippen LogP contribution in [0.5, 0.6) is 5.75 Å². The Labute approximate surface area is 439 Å². The van der Waals surface area contributed by atoms with Crippen LogP contribution in [-0.4, -0.2) is 179 Å². The number of fused-ring (bicyclic) bond motifs is 2. The Morgan fingerprint density at radius 2 is 1.31 bits per heavy atom. The second kappa shape index (κ2) is 30.9. The highest BCUT2D eigenvalue weighted by molar-refractivity contribution is 5.98. The molecular weight excluding hydrogens is 975 g/mol. The highest BCUT2D eigenvalue weighted by Gasteiger charge is 2.50. The number of carbonyl (C=O) groups excluding carboxylic acids is 7. The first-order chi connectivity index (χ1) is 35.7. The van der Waals surface area contributed by atoms with E-state index in [4.69, 9.17) is 0 Å². The fourth-order valence-corrected chi connectivity index (χ4v) is 9.70. The average Bonchev–Trinajstić information content (AvgIpc) is 3.99. The van der Waals surface area contributed by atoms with Crippen LogP contribution in [0.1, 0.15) is 136 Å². The monoisotopic (exact) mass is 1060 g/mol. The number of hydrogen-bond donors (Lipinski definition) is 13. The number of aliphatic hydroxyl groups is 7. The number of benzene rings is 1. The van der Waals surface area contributed by atoms with Gasteiger partial charge >= 0.3 is 0 Å². The van der Waals surface area contributed by atoms with Gasteiger partial charge in [0.05, 0.1) is 31.0 Å². The predicted molar refractivity (Wildman–Crippen MR) is 274 cm³/mol. The maximum atomic E-state index is 14.5. The van der Waals surface area contributed by atoms with Crippen molar-refractivity contribution in [2.45, 2.75) is 197 Å². The van der Waals surface area contributed by atoms with Crippen LogP contribution in [0, 0.1) is 11.8 Å². The number of hydrogen-bond acceptors (Lipinski definition) is 15. The van der Waals surface area contributed by atoms with Crippen LogP contribution in [0.2, 0.25) is 0 Å². The minimum Gasteiger partial charge on any atom is -0.508 e. The van der Waals surface area contributed by atoms with Crippen LogP contribution in [0.3, 0.4) is 0 Å². The first-order valence-electron chi connectivity index (χ1n) is 26.6. The molecule has 3 heterocycles. The van der Waals surface area contributed by atoms with Crippen molar-refractivity contribution in [2.75, 3.05) is 19.7 Å². The number of unbranched alkanes of at least 4 members (excludes halogenated alkanes) is 8. The molecule has 4 rings (SSSR count). The Morgan fingerprint density at radius 1 is 0.733 bits per heavy atom. The molecule has 0 saturated carbocycles. The molecule has 0 bridgehead atoms. The predicted octanol–water partition coefficient (Wildman–Crippen LogP) is -0.0536. The summed E-state index contributed by atoms with van der Waals surface area (Å²) in [6.07, 6.45) is 7.67. The summed E-state index contributed by atoms with van der Waals surface area (Å²) >= 11 is 0. The molecule has 1 aromatic carbocycles. The number of aromatic hydroxyl groups is 1. The molecule has 0 spiro atoms. The number of phenolic OH excluding ortho intramolecular Hbond substituents is 1. The molecule has 3 fully saturated rings. The molecule has 14 atom stereocenters. The number of rotatable bonds is 21. The average molecular weight is 1060 g/mol. The lowest BCUT2D eigenvalue weighted by molar-refractivity contribution is -0.148. The van der Waals surface area contributed by atoms with Crippen LogP contribution in [0.15, 0.2) is 48.6 Å². The number of aliphatic hydroxyl groups excluding tert-OH is 7. The Kier molecular flexibility index (Phi) is 25.6. The van der Waals surface area contributed by atoms with Gasteiger partial charge in [0, 0.05) is 37.8 Å². The van der Waals surface area contributed by atoms with Crippen molar-refractivity contribution in [2.24, 2.45) is 11.8 Å². The van der Waals surface area contributed by atoms with Crippen molar-refractivity contribution in [3.8, 4) is 5.75 Å². The lowest BCUT2D eigenvalue weighted by atomic mass is 9.88. The summed E-state index contributed by atoms with van der Waals surface area (Å²) < 4.78 is 0.